The monoisotopic (exact) mass is 381 g/mol. The lowest BCUT2D eigenvalue weighted by atomic mass is 10.2. The SMILES string of the molecule is C=CCOc1ccccc1C=NNC(=O)C(C)NC(=O)c1ccc(OC)cc1. The molecule has 0 saturated heterocycles. The highest BCUT2D eigenvalue weighted by atomic mass is 16.5. The van der Waals surface area contributed by atoms with E-state index < -0.39 is 11.9 Å². The van der Waals surface area contributed by atoms with Crippen LogP contribution in [0.5, 0.6) is 11.5 Å². The van der Waals surface area contributed by atoms with E-state index in [2.05, 4.69) is 22.4 Å². The Labute approximate surface area is 164 Å². The smallest absolute Gasteiger partial charge is 0.262 e. The summed E-state index contributed by atoms with van der Waals surface area (Å²) in [5.74, 6) is 0.468. The van der Waals surface area contributed by atoms with Crippen LogP contribution in [0.1, 0.15) is 22.8 Å². The number of rotatable bonds is 9. The number of hydrazone groups is 1. The fourth-order valence-corrected chi connectivity index (χ4v) is 2.22. The van der Waals surface area contributed by atoms with Crippen molar-refractivity contribution < 1.29 is 19.1 Å². The molecule has 2 amide bonds. The van der Waals surface area contributed by atoms with Crippen LogP contribution in [-0.4, -0.2) is 37.8 Å². The minimum atomic E-state index is -0.765. The first-order valence-corrected chi connectivity index (χ1v) is 8.65. The number of methoxy groups -OCH3 is 1. The topological polar surface area (TPSA) is 89.0 Å². The molecule has 1 atom stereocenters. The number of nitrogens with zero attached hydrogens (tertiary/aromatic N) is 1. The van der Waals surface area contributed by atoms with Gasteiger partial charge in [0.1, 0.15) is 24.1 Å². The molecule has 2 aromatic rings. The Morgan fingerprint density at radius 3 is 2.57 bits per heavy atom. The van der Waals surface area contributed by atoms with Gasteiger partial charge in [-0.2, -0.15) is 5.10 Å². The van der Waals surface area contributed by atoms with E-state index in [0.717, 1.165) is 0 Å². The molecule has 2 rings (SSSR count). The third kappa shape index (κ3) is 5.98. The third-order valence-corrected chi connectivity index (χ3v) is 3.75. The largest absolute Gasteiger partial charge is 0.497 e. The van der Waals surface area contributed by atoms with Gasteiger partial charge in [-0.25, -0.2) is 5.43 Å². The summed E-state index contributed by atoms with van der Waals surface area (Å²) in [6, 6.07) is 13.1. The maximum absolute atomic E-state index is 12.2. The lowest BCUT2D eigenvalue weighted by molar-refractivity contribution is -0.122. The fraction of sp³-hybridized carbons (Fsp3) is 0.190. The van der Waals surface area contributed by atoms with Crippen LogP contribution >= 0.6 is 0 Å². The number of carbonyl (C=O) groups is 2. The first kappa shape index (κ1) is 20.7. The highest BCUT2D eigenvalue weighted by molar-refractivity contribution is 5.97. The van der Waals surface area contributed by atoms with Crippen LogP contribution in [0.3, 0.4) is 0 Å². The van der Waals surface area contributed by atoms with Crippen molar-refractivity contribution in [3.8, 4) is 11.5 Å². The molecule has 2 aromatic carbocycles. The summed E-state index contributed by atoms with van der Waals surface area (Å²) in [7, 11) is 1.55. The Hall–Kier alpha value is -3.61. The molecule has 2 N–H and O–H groups in total. The Morgan fingerprint density at radius 1 is 1.18 bits per heavy atom. The van der Waals surface area contributed by atoms with Crippen LogP contribution in [0.2, 0.25) is 0 Å². The van der Waals surface area contributed by atoms with Crippen molar-refractivity contribution in [3.05, 3.63) is 72.3 Å². The minimum Gasteiger partial charge on any atom is -0.497 e. The van der Waals surface area contributed by atoms with Gasteiger partial charge in [0.15, 0.2) is 0 Å². The Bertz CT molecular complexity index is 847. The summed E-state index contributed by atoms with van der Waals surface area (Å²) in [6.07, 6.45) is 3.12. The Balaban J connectivity index is 1.90. The molecule has 146 valence electrons. The molecule has 0 aliphatic rings. The van der Waals surface area contributed by atoms with Crippen molar-refractivity contribution in [2.45, 2.75) is 13.0 Å². The van der Waals surface area contributed by atoms with E-state index in [0.29, 0.717) is 29.2 Å². The van der Waals surface area contributed by atoms with Gasteiger partial charge in [-0.1, -0.05) is 24.8 Å². The van der Waals surface area contributed by atoms with Gasteiger partial charge in [-0.05, 0) is 43.3 Å². The van der Waals surface area contributed by atoms with Gasteiger partial charge in [0.25, 0.3) is 11.8 Å². The average molecular weight is 381 g/mol. The zero-order valence-electron chi connectivity index (χ0n) is 15.8. The van der Waals surface area contributed by atoms with Crippen molar-refractivity contribution in [2.75, 3.05) is 13.7 Å². The fourth-order valence-electron chi connectivity index (χ4n) is 2.22. The van der Waals surface area contributed by atoms with Gasteiger partial charge in [-0.15, -0.1) is 0 Å². The number of benzene rings is 2. The molecule has 1 unspecified atom stereocenters. The lowest BCUT2D eigenvalue weighted by Crippen LogP contribution is -2.43. The van der Waals surface area contributed by atoms with Gasteiger partial charge in [0.05, 0.1) is 13.3 Å². The predicted molar refractivity (Wildman–Crippen MR) is 108 cm³/mol. The van der Waals surface area contributed by atoms with E-state index in [4.69, 9.17) is 9.47 Å². The molecule has 0 spiro atoms. The van der Waals surface area contributed by atoms with Crippen molar-refractivity contribution in [2.24, 2.45) is 5.10 Å². The first-order chi connectivity index (χ1) is 13.5. The van der Waals surface area contributed by atoms with Crippen LogP contribution < -0.4 is 20.2 Å². The normalized spacial score (nSPS) is 11.5. The van der Waals surface area contributed by atoms with Crippen LogP contribution in [-0.2, 0) is 4.79 Å². The minimum absolute atomic E-state index is 0.363. The molecule has 7 heteroatoms. The number of hydrogen-bond acceptors (Lipinski definition) is 5. The van der Waals surface area contributed by atoms with E-state index in [1.54, 1.807) is 50.4 Å². The molecule has 0 bridgehead atoms. The maximum Gasteiger partial charge on any atom is 0.262 e. The van der Waals surface area contributed by atoms with E-state index >= 15 is 0 Å². The standard InChI is InChI=1S/C21H23N3O4/c1-4-13-28-19-8-6-5-7-17(19)14-22-24-20(25)15(2)23-21(26)16-9-11-18(27-3)12-10-16/h4-12,14-15H,1,13H2,2-3H3,(H,23,26)(H,24,25). The molecular weight excluding hydrogens is 358 g/mol. The number of nitrogens with one attached hydrogen (secondary N) is 2. The number of amides is 2. The highest BCUT2D eigenvalue weighted by Crippen LogP contribution is 2.15. The zero-order valence-corrected chi connectivity index (χ0v) is 15.8. The number of carbonyl (C=O) groups excluding carboxylic acids is 2. The van der Waals surface area contributed by atoms with Gasteiger partial charge in [-0.3, -0.25) is 9.59 Å². The summed E-state index contributed by atoms with van der Waals surface area (Å²) in [5, 5.41) is 6.56. The predicted octanol–water partition coefficient (Wildman–Crippen LogP) is 2.53. The first-order valence-electron chi connectivity index (χ1n) is 8.65. The van der Waals surface area contributed by atoms with E-state index in [-0.39, 0.29) is 5.91 Å². The second-order valence-corrected chi connectivity index (χ2v) is 5.80. The summed E-state index contributed by atoms with van der Waals surface area (Å²) in [4.78, 5) is 24.4. The number of hydrogen-bond donors (Lipinski definition) is 2. The van der Waals surface area contributed by atoms with Crippen LogP contribution in [0.25, 0.3) is 0 Å². The summed E-state index contributed by atoms with van der Waals surface area (Å²) < 4.78 is 10.6. The highest BCUT2D eigenvalue weighted by Gasteiger charge is 2.16. The zero-order chi connectivity index (χ0) is 20.4. The van der Waals surface area contributed by atoms with Crippen LogP contribution in [0, 0.1) is 0 Å². The van der Waals surface area contributed by atoms with Crippen molar-refractivity contribution in [1.29, 1.82) is 0 Å². The molecule has 7 nitrogen and oxygen atoms in total. The van der Waals surface area contributed by atoms with Gasteiger partial charge >= 0.3 is 0 Å². The molecule has 0 fully saturated rings. The summed E-state index contributed by atoms with van der Waals surface area (Å²) in [5.41, 5.74) is 3.55. The lowest BCUT2D eigenvalue weighted by Gasteiger charge is -2.12. The van der Waals surface area contributed by atoms with Crippen molar-refractivity contribution in [3.63, 3.8) is 0 Å². The van der Waals surface area contributed by atoms with Crippen molar-refractivity contribution in [1.82, 2.24) is 10.7 Å². The quantitative estimate of drug-likeness (QED) is 0.397. The Morgan fingerprint density at radius 2 is 1.89 bits per heavy atom. The van der Waals surface area contributed by atoms with E-state index in [1.165, 1.54) is 6.21 Å². The van der Waals surface area contributed by atoms with Gasteiger partial charge in [0, 0.05) is 11.1 Å². The molecule has 0 aliphatic heterocycles. The van der Waals surface area contributed by atoms with Gasteiger partial charge in [0.2, 0.25) is 0 Å². The third-order valence-electron chi connectivity index (χ3n) is 3.75. The summed E-state index contributed by atoms with van der Waals surface area (Å²) in [6.45, 7) is 5.55. The molecule has 28 heavy (non-hydrogen) atoms. The van der Waals surface area contributed by atoms with E-state index in [1.807, 2.05) is 18.2 Å². The van der Waals surface area contributed by atoms with Gasteiger partial charge < -0.3 is 14.8 Å². The maximum atomic E-state index is 12.2. The Kier molecular flexibility index (Phi) is 7.77. The van der Waals surface area contributed by atoms with Crippen LogP contribution in [0.15, 0.2) is 66.3 Å². The molecule has 0 radical (unpaired) electrons. The number of ether oxygens (including phenoxy) is 2. The average Bonchev–Trinajstić information content (AvgIpc) is 2.72. The molecule has 0 aliphatic carbocycles. The molecular formula is C21H23N3O4. The molecule has 0 heterocycles. The number of para-hydroxylation sites is 1. The second-order valence-electron chi connectivity index (χ2n) is 5.80. The summed E-state index contributed by atoms with van der Waals surface area (Å²) >= 11 is 0. The molecule has 0 aromatic heterocycles. The molecule has 0 saturated carbocycles. The second kappa shape index (κ2) is 10.5. The van der Waals surface area contributed by atoms with E-state index in [9.17, 15) is 9.59 Å². The van der Waals surface area contributed by atoms with Crippen LogP contribution in [0.4, 0.5) is 0 Å². The van der Waals surface area contributed by atoms with Crippen molar-refractivity contribution >= 4 is 18.0 Å².